The molecule has 0 saturated carbocycles. The van der Waals surface area contributed by atoms with Crippen LogP contribution in [0.15, 0.2) is 18.2 Å². The Bertz CT molecular complexity index is 433. The van der Waals surface area contributed by atoms with Crippen LogP contribution in [0.25, 0.3) is 0 Å². The molecular formula is C12H13Cl2NO3. The van der Waals surface area contributed by atoms with Gasteiger partial charge in [-0.2, -0.15) is 0 Å². The third-order valence-electron chi connectivity index (χ3n) is 2.77. The van der Waals surface area contributed by atoms with Gasteiger partial charge in [0.1, 0.15) is 0 Å². The summed E-state index contributed by atoms with van der Waals surface area (Å²) in [5, 5.41) is 13.2. The summed E-state index contributed by atoms with van der Waals surface area (Å²) in [4.78, 5) is 12.0. The minimum atomic E-state index is -0.683. The zero-order chi connectivity index (χ0) is 13.1. The van der Waals surface area contributed by atoms with Crippen molar-refractivity contribution < 1.29 is 14.6 Å². The van der Waals surface area contributed by atoms with Gasteiger partial charge in [0.2, 0.25) is 0 Å². The number of amides is 1. The van der Waals surface area contributed by atoms with Crippen molar-refractivity contribution in [3.8, 4) is 0 Å². The van der Waals surface area contributed by atoms with Crippen LogP contribution in [0.1, 0.15) is 16.8 Å². The van der Waals surface area contributed by atoms with E-state index in [1.54, 1.807) is 6.07 Å². The van der Waals surface area contributed by atoms with E-state index in [1.807, 2.05) is 0 Å². The van der Waals surface area contributed by atoms with Crippen molar-refractivity contribution in [3.63, 3.8) is 0 Å². The van der Waals surface area contributed by atoms with E-state index in [2.05, 4.69) is 5.32 Å². The molecule has 98 valence electrons. The molecule has 1 aliphatic heterocycles. The zero-order valence-corrected chi connectivity index (χ0v) is 11.0. The highest BCUT2D eigenvalue weighted by atomic mass is 35.5. The standard InChI is InChI=1S/C12H13Cl2NO3/c13-8-3-7(4-9(14)5-8)12(17)15-10-1-2-18-6-11(10)16/h3-5,10-11,16H,1-2,6H2,(H,15,17)/t10-,11-/m1/s1. The van der Waals surface area contributed by atoms with E-state index in [1.165, 1.54) is 12.1 Å². The van der Waals surface area contributed by atoms with Crippen LogP contribution in [0.3, 0.4) is 0 Å². The molecule has 4 nitrogen and oxygen atoms in total. The molecule has 0 aromatic heterocycles. The number of nitrogens with one attached hydrogen (secondary N) is 1. The van der Waals surface area contributed by atoms with Crippen LogP contribution in [0.5, 0.6) is 0 Å². The van der Waals surface area contributed by atoms with E-state index in [0.717, 1.165) is 0 Å². The molecule has 2 rings (SSSR count). The monoisotopic (exact) mass is 289 g/mol. The maximum absolute atomic E-state index is 12.0. The van der Waals surface area contributed by atoms with Gasteiger partial charge in [0, 0.05) is 22.2 Å². The number of hydrogen-bond acceptors (Lipinski definition) is 3. The van der Waals surface area contributed by atoms with Crippen molar-refractivity contribution in [3.05, 3.63) is 33.8 Å². The van der Waals surface area contributed by atoms with Crippen LogP contribution >= 0.6 is 23.2 Å². The molecule has 0 unspecified atom stereocenters. The Morgan fingerprint density at radius 3 is 2.61 bits per heavy atom. The summed E-state index contributed by atoms with van der Waals surface area (Å²) in [6, 6.07) is 4.33. The number of carbonyl (C=O) groups is 1. The maximum atomic E-state index is 12.0. The minimum absolute atomic E-state index is 0.237. The second-order valence-corrected chi connectivity index (χ2v) is 5.04. The fourth-order valence-electron chi connectivity index (χ4n) is 1.83. The summed E-state index contributed by atoms with van der Waals surface area (Å²) in [5.41, 5.74) is 0.381. The van der Waals surface area contributed by atoms with Gasteiger partial charge in [-0.05, 0) is 24.6 Å². The van der Waals surface area contributed by atoms with E-state index in [4.69, 9.17) is 27.9 Å². The molecule has 0 bridgehead atoms. The third kappa shape index (κ3) is 3.36. The molecule has 1 aromatic rings. The lowest BCUT2D eigenvalue weighted by molar-refractivity contribution is -0.0260. The predicted molar refractivity (Wildman–Crippen MR) is 69.2 cm³/mol. The fraction of sp³-hybridized carbons (Fsp3) is 0.417. The number of rotatable bonds is 2. The van der Waals surface area contributed by atoms with Crippen molar-refractivity contribution in [2.75, 3.05) is 13.2 Å². The Labute approximate surface area is 115 Å². The number of hydrogen-bond donors (Lipinski definition) is 2. The average molecular weight is 290 g/mol. The molecule has 1 amide bonds. The number of aliphatic hydroxyl groups excluding tert-OH is 1. The first-order valence-corrected chi connectivity index (χ1v) is 6.34. The first-order chi connectivity index (χ1) is 8.56. The van der Waals surface area contributed by atoms with Crippen LogP contribution in [-0.2, 0) is 4.74 Å². The average Bonchev–Trinajstić information content (AvgIpc) is 2.31. The summed E-state index contributed by atoms with van der Waals surface area (Å²) >= 11 is 11.7. The Kier molecular flexibility index (Phi) is 4.45. The van der Waals surface area contributed by atoms with Gasteiger partial charge in [0.25, 0.3) is 5.91 Å². The smallest absolute Gasteiger partial charge is 0.251 e. The van der Waals surface area contributed by atoms with Crippen LogP contribution in [0.2, 0.25) is 10.0 Å². The Morgan fingerprint density at radius 2 is 2.00 bits per heavy atom. The van der Waals surface area contributed by atoms with E-state index in [0.29, 0.717) is 28.6 Å². The summed E-state index contributed by atoms with van der Waals surface area (Å²) in [7, 11) is 0. The number of halogens is 2. The highest BCUT2D eigenvalue weighted by molar-refractivity contribution is 6.35. The summed E-state index contributed by atoms with van der Waals surface area (Å²) in [6.45, 7) is 0.763. The van der Waals surface area contributed by atoms with Gasteiger partial charge in [0.15, 0.2) is 0 Å². The highest BCUT2D eigenvalue weighted by Gasteiger charge is 2.25. The zero-order valence-electron chi connectivity index (χ0n) is 9.53. The number of ether oxygens (including phenoxy) is 1. The molecule has 1 aliphatic rings. The Balaban J connectivity index is 2.06. The molecule has 2 N–H and O–H groups in total. The lowest BCUT2D eigenvalue weighted by Crippen LogP contribution is -2.48. The summed E-state index contributed by atoms with van der Waals surface area (Å²) in [5.74, 6) is -0.301. The lowest BCUT2D eigenvalue weighted by Gasteiger charge is -2.28. The summed E-state index contributed by atoms with van der Waals surface area (Å²) < 4.78 is 5.09. The highest BCUT2D eigenvalue weighted by Crippen LogP contribution is 2.19. The van der Waals surface area contributed by atoms with Gasteiger partial charge < -0.3 is 15.2 Å². The van der Waals surface area contributed by atoms with E-state index < -0.39 is 6.10 Å². The second kappa shape index (κ2) is 5.89. The maximum Gasteiger partial charge on any atom is 0.251 e. The largest absolute Gasteiger partial charge is 0.389 e. The number of carbonyl (C=O) groups excluding carboxylic acids is 1. The molecule has 0 radical (unpaired) electrons. The fourth-order valence-corrected chi connectivity index (χ4v) is 2.35. The van der Waals surface area contributed by atoms with E-state index in [-0.39, 0.29) is 18.6 Å². The van der Waals surface area contributed by atoms with Gasteiger partial charge in [0.05, 0.1) is 18.8 Å². The van der Waals surface area contributed by atoms with Crippen molar-refractivity contribution in [2.24, 2.45) is 0 Å². The molecule has 18 heavy (non-hydrogen) atoms. The van der Waals surface area contributed by atoms with E-state index >= 15 is 0 Å². The lowest BCUT2D eigenvalue weighted by atomic mass is 10.1. The first kappa shape index (κ1) is 13.6. The quantitative estimate of drug-likeness (QED) is 0.874. The Morgan fingerprint density at radius 1 is 1.33 bits per heavy atom. The molecule has 1 aromatic carbocycles. The van der Waals surface area contributed by atoms with Crippen molar-refractivity contribution in [1.82, 2.24) is 5.32 Å². The predicted octanol–water partition coefficient (Wildman–Crippen LogP) is 1.87. The SMILES string of the molecule is O=C(N[C@@H]1CCOC[C@H]1O)c1cc(Cl)cc(Cl)c1. The Hall–Kier alpha value is -0.810. The van der Waals surface area contributed by atoms with Crippen molar-refractivity contribution in [1.29, 1.82) is 0 Å². The van der Waals surface area contributed by atoms with Gasteiger partial charge in [-0.1, -0.05) is 23.2 Å². The first-order valence-electron chi connectivity index (χ1n) is 5.59. The van der Waals surface area contributed by atoms with Crippen LogP contribution in [0, 0.1) is 0 Å². The molecule has 0 aliphatic carbocycles. The summed E-state index contributed by atoms with van der Waals surface area (Å²) in [6.07, 6.45) is -0.0985. The van der Waals surface area contributed by atoms with Gasteiger partial charge in [-0.3, -0.25) is 4.79 Å². The molecule has 2 atom stereocenters. The number of benzene rings is 1. The van der Waals surface area contributed by atoms with Crippen molar-refractivity contribution in [2.45, 2.75) is 18.6 Å². The minimum Gasteiger partial charge on any atom is -0.389 e. The normalized spacial score (nSPS) is 23.7. The van der Waals surface area contributed by atoms with Crippen LogP contribution in [0.4, 0.5) is 0 Å². The second-order valence-electron chi connectivity index (χ2n) is 4.17. The molecule has 1 saturated heterocycles. The molecule has 1 fully saturated rings. The van der Waals surface area contributed by atoms with Gasteiger partial charge in [-0.25, -0.2) is 0 Å². The van der Waals surface area contributed by atoms with Crippen LogP contribution < -0.4 is 5.32 Å². The number of aliphatic hydroxyl groups is 1. The molecule has 0 spiro atoms. The third-order valence-corrected chi connectivity index (χ3v) is 3.20. The van der Waals surface area contributed by atoms with Gasteiger partial charge >= 0.3 is 0 Å². The van der Waals surface area contributed by atoms with Crippen molar-refractivity contribution >= 4 is 29.1 Å². The van der Waals surface area contributed by atoms with Crippen LogP contribution in [-0.4, -0.2) is 36.4 Å². The molecular weight excluding hydrogens is 277 g/mol. The molecule has 6 heteroatoms. The van der Waals surface area contributed by atoms with Gasteiger partial charge in [-0.15, -0.1) is 0 Å². The molecule has 1 heterocycles. The van der Waals surface area contributed by atoms with E-state index in [9.17, 15) is 9.90 Å². The topological polar surface area (TPSA) is 58.6 Å².